The van der Waals surface area contributed by atoms with Gasteiger partial charge in [-0.3, -0.25) is 4.79 Å². The van der Waals surface area contributed by atoms with Crippen LogP contribution >= 0.6 is 0 Å². The molecule has 144 valence electrons. The summed E-state index contributed by atoms with van der Waals surface area (Å²) >= 11 is 0. The first kappa shape index (κ1) is 20.1. The minimum Gasteiger partial charge on any atom is -0.495 e. The second-order valence-corrected chi connectivity index (χ2v) is 5.54. The third-order valence-electron chi connectivity index (χ3n) is 3.72. The summed E-state index contributed by atoms with van der Waals surface area (Å²) in [5, 5.41) is 2.68. The fourth-order valence-corrected chi connectivity index (χ4v) is 2.33. The maximum absolute atomic E-state index is 12.3. The lowest BCUT2D eigenvalue weighted by Gasteiger charge is -2.16. The average molecular weight is 373 g/mol. The SMILES string of the molecule is CCOc1ccc(C(=O)O[C@H](C)C(=O)Nc2ccccc2OC)cc1OC. The van der Waals surface area contributed by atoms with Gasteiger partial charge < -0.3 is 24.3 Å². The van der Waals surface area contributed by atoms with Gasteiger partial charge in [-0.2, -0.15) is 0 Å². The number of rotatable bonds is 8. The van der Waals surface area contributed by atoms with Gasteiger partial charge in [0.1, 0.15) is 5.75 Å². The summed E-state index contributed by atoms with van der Waals surface area (Å²) in [6.07, 6.45) is -1.00. The molecule has 7 heteroatoms. The number of anilines is 1. The Hall–Kier alpha value is -3.22. The highest BCUT2D eigenvalue weighted by Gasteiger charge is 2.21. The Labute approximate surface area is 158 Å². The lowest BCUT2D eigenvalue weighted by molar-refractivity contribution is -0.123. The van der Waals surface area contributed by atoms with Gasteiger partial charge >= 0.3 is 5.97 Å². The van der Waals surface area contributed by atoms with Gasteiger partial charge in [0, 0.05) is 0 Å². The van der Waals surface area contributed by atoms with Crippen molar-refractivity contribution in [3.8, 4) is 17.2 Å². The Kier molecular flexibility index (Phi) is 7.05. The summed E-state index contributed by atoms with van der Waals surface area (Å²) in [5.41, 5.74) is 0.753. The van der Waals surface area contributed by atoms with E-state index in [-0.39, 0.29) is 5.56 Å². The van der Waals surface area contributed by atoms with Gasteiger partial charge in [-0.1, -0.05) is 12.1 Å². The Balaban J connectivity index is 2.05. The Morgan fingerprint density at radius 1 is 1.00 bits per heavy atom. The number of carbonyl (C=O) groups excluding carboxylic acids is 2. The predicted octanol–water partition coefficient (Wildman–Crippen LogP) is 3.29. The Morgan fingerprint density at radius 2 is 1.70 bits per heavy atom. The van der Waals surface area contributed by atoms with Crippen molar-refractivity contribution in [2.75, 3.05) is 26.1 Å². The van der Waals surface area contributed by atoms with E-state index in [2.05, 4.69) is 5.32 Å². The summed E-state index contributed by atoms with van der Waals surface area (Å²) in [5.74, 6) is 0.348. The fourth-order valence-electron chi connectivity index (χ4n) is 2.33. The molecule has 1 amide bonds. The van der Waals surface area contributed by atoms with Gasteiger partial charge in [-0.05, 0) is 44.2 Å². The number of hydrogen-bond donors (Lipinski definition) is 1. The monoisotopic (exact) mass is 373 g/mol. The van der Waals surface area contributed by atoms with E-state index in [1.54, 1.807) is 36.4 Å². The van der Waals surface area contributed by atoms with E-state index in [1.807, 2.05) is 6.92 Å². The molecule has 0 aliphatic carbocycles. The third kappa shape index (κ3) is 5.13. The number of benzene rings is 2. The van der Waals surface area contributed by atoms with Crippen LogP contribution in [-0.4, -0.2) is 38.8 Å². The van der Waals surface area contributed by atoms with Gasteiger partial charge in [0.05, 0.1) is 32.1 Å². The Morgan fingerprint density at radius 3 is 2.37 bits per heavy atom. The highest BCUT2D eigenvalue weighted by molar-refractivity contribution is 5.98. The molecule has 7 nitrogen and oxygen atoms in total. The zero-order valence-electron chi connectivity index (χ0n) is 15.8. The smallest absolute Gasteiger partial charge is 0.339 e. The number of esters is 1. The summed E-state index contributed by atoms with van der Waals surface area (Å²) in [6, 6.07) is 11.7. The van der Waals surface area contributed by atoms with Gasteiger partial charge in [0.2, 0.25) is 0 Å². The Bertz CT molecular complexity index is 805. The van der Waals surface area contributed by atoms with Crippen molar-refractivity contribution in [1.29, 1.82) is 0 Å². The van der Waals surface area contributed by atoms with Gasteiger partial charge in [-0.15, -0.1) is 0 Å². The number of hydrogen-bond acceptors (Lipinski definition) is 6. The largest absolute Gasteiger partial charge is 0.495 e. The van der Waals surface area contributed by atoms with Crippen LogP contribution in [0.3, 0.4) is 0 Å². The molecule has 0 aliphatic heterocycles. The quantitative estimate of drug-likeness (QED) is 0.715. The standard InChI is InChI=1S/C20H23NO6/c1-5-26-17-11-10-14(12-18(17)25-4)20(23)27-13(2)19(22)21-15-8-6-7-9-16(15)24-3/h6-13H,5H2,1-4H3,(H,21,22)/t13-/m1/s1. The molecule has 2 aromatic carbocycles. The highest BCUT2D eigenvalue weighted by Crippen LogP contribution is 2.28. The predicted molar refractivity (Wildman–Crippen MR) is 101 cm³/mol. The number of nitrogens with one attached hydrogen (secondary N) is 1. The van der Waals surface area contributed by atoms with Crippen molar-refractivity contribution in [3.05, 3.63) is 48.0 Å². The minimum absolute atomic E-state index is 0.257. The van der Waals surface area contributed by atoms with Crippen molar-refractivity contribution < 1.29 is 28.5 Å². The van der Waals surface area contributed by atoms with Crippen LogP contribution < -0.4 is 19.5 Å². The van der Waals surface area contributed by atoms with Crippen molar-refractivity contribution in [2.45, 2.75) is 20.0 Å². The van der Waals surface area contributed by atoms with Crippen LogP contribution in [0.5, 0.6) is 17.2 Å². The van der Waals surface area contributed by atoms with Crippen molar-refractivity contribution in [3.63, 3.8) is 0 Å². The number of amides is 1. The van der Waals surface area contributed by atoms with E-state index in [9.17, 15) is 9.59 Å². The molecule has 0 fully saturated rings. The molecule has 2 rings (SSSR count). The first-order chi connectivity index (χ1) is 13.0. The average Bonchev–Trinajstić information content (AvgIpc) is 2.68. The van der Waals surface area contributed by atoms with E-state index in [4.69, 9.17) is 18.9 Å². The molecule has 0 bridgehead atoms. The molecule has 2 aromatic rings. The van der Waals surface area contributed by atoms with E-state index in [0.29, 0.717) is 29.5 Å². The second-order valence-electron chi connectivity index (χ2n) is 5.54. The molecule has 0 aromatic heterocycles. The third-order valence-corrected chi connectivity index (χ3v) is 3.72. The minimum atomic E-state index is -1.00. The van der Waals surface area contributed by atoms with Gasteiger partial charge in [0.25, 0.3) is 5.91 Å². The summed E-state index contributed by atoms with van der Waals surface area (Å²) in [4.78, 5) is 24.7. The molecule has 0 spiro atoms. The van der Waals surface area contributed by atoms with Crippen LogP contribution in [-0.2, 0) is 9.53 Å². The number of methoxy groups -OCH3 is 2. The molecule has 0 aliphatic rings. The molecule has 0 heterocycles. The van der Waals surface area contributed by atoms with Crippen LogP contribution in [0.4, 0.5) is 5.69 Å². The summed E-state index contributed by atoms with van der Waals surface area (Å²) in [6.45, 7) is 3.82. The lowest BCUT2D eigenvalue weighted by Crippen LogP contribution is -2.30. The van der Waals surface area contributed by atoms with Crippen LogP contribution in [0.25, 0.3) is 0 Å². The van der Waals surface area contributed by atoms with E-state index in [1.165, 1.54) is 27.2 Å². The molecule has 0 saturated heterocycles. The van der Waals surface area contributed by atoms with E-state index in [0.717, 1.165) is 0 Å². The first-order valence-corrected chi connectivity index (χ1v) is 8.45. The van der Waals surface area contributed by atoms with Crippen LogP contribution in [0.15, 0.2) is 42.5 Å². The maximum atomic E-state index is 12.3. The summed E-state index contributed by atoms with van der Waals surface area (Å²) < 4.78 is 21.1. The van der Waals surface area contributed by atoms with E-state index >= 15 is 0 Å². The van der Waals surface area contributed by atoms with E-state index < -0.39 is 18.0 Å². The van der Waals surface area contributed by atoms with Crippen molar-refractivity contribution >= 4 is 17.6 Å². The van der Waals surface area contributed by atoms with Crippen molar-refractivity contribution in [2.24, 2.45) is 0 Å². The number of carbonyl (C=O) groups is 2. The van der Waals surface area contributed by atoms with Crippen LogP contribution in [0.2, 0.25) is 0 Å². The number of para-hydroxylation sites is 2. The normalized spacial score (nSPS) is 11.3. The molecule has 1 N–H and O–H groups in total. The molecule has 0 unspecified atom stereocenters. The molecule has 1 atom stereocenters. The zero-order valence-corrected chi connectivity index (χ0v) is 15.8. The number of ether oxygens (including phenoxy) is 4. The topological polar surface area (TPSA) is 83.1 Å². The fraction of sp³-hybridized carbons (Fsp3) is 0.300. The first-order valence-electron chi connectivity index (χ1n) is 8.45. The molecule has 0 saturated carbocycles. The molecule has 0 radical (unpaired) electrons. The van der Waals surface area contributed by atoms with Crippen LogP contribution in [0, 0.1) is 0 Å². The lowest BCUT2D eigenvalue weighted by atomic mass is 10.2. The van der Waals surface area contributed by atoms with Gasteiger partial charge in [-0.25, -0.2) is 4.79 Å². The molecular weight excluding hydrogens is 350 g/mol. The zero-order chi connectivity index (χ0) is 19.8. The molecular formula is C20H23NO6. The van der Waals surface area contributed by atoms with Gasteiger partial charge in [0.15, 0.2) is 17.6 Å². The maximum Gasteiger partial charge on any atom is 0.339 e. The summed E-state index contributed by atoms with van der Waals surface area (Å²) in [7, 11) is 2.99. The van der Waals surface area contributed by atoms with Crippen molar-refractivity contribution in [1.82, 2.24) is 0 Å². The second kappa shape index (κ2) is 9.47. The molecule has 27 heavy (non-hydrogen) atoms. The highest BCUT2D eigenvalue weighted by atomic mass is 16.5. The van der Waals surface area contributed by atoms with Crippen LogP contribution in [0.1, 0.15) is 24.2 Å².